The fraction of sp³-hybridized carbons (Fsp3) is 0.375. The van der Waals surface area contributed by atoms with Crippen LogP contribution in [0.25, 0.3) is 6.08 Å². The number of para-hydroxylation sites is 1. The van der Waals surface area contributed by atoms with Crippen molar-refractivity contribution in [1.82, 2.24) is 10.2 Å². The van der Waals surface area contributed by atoms with Crippen molar-refractivity contribution < 1.29 is 14.3 Å². The number of benzene rings is 1. The van der Waals surface area contributed by atoms with Crippen LogP contribution < -0.4 is 14.8 Å². The van der Waals surface area contributed by atoms with Gasteiger partial charge in [0.05, 0.1) is 14.2 Å². The lowest BCUT2D eigenvalue weighted by Gasteiger charge is -2.12. The molecule has 0 radical (unpaired) electrons. The summed E-state index contributed by atoms with van der Waals surface area (Å²) in [5, 5.41) is 3.42. The maximum atomic E-state index is 12.4. The number of ether oxygens (including phenoxy) is 2. The number of carbonyl (C=O) groups excluding carboxylic acids is 1. The summed E-state index contributed by atoms with van der Waals surface area (Å²) in [6, 6.07) is 5.52. The minimum absolute atomic E-state index is 0.108. The van der Waals surface area contributed by atoms with Crippen LogP contribution in [0.5, 0.6) is 11.5 Å². The van der Waals surface area contributed by atoms with Crippen molar-refractivity contribution >= 4 is 29.3 Å². The standard InChI is InChI=1S/C16H20N2O3S/c1-4-5-9-18-15(19)12(17-16(18)22)10-11-7-6-8-13(20-2)14(11)21-3/h6-8,10H,4-5,9H2,1-3H3,(H,17,22). The van der Waals surface area contributed by atoms with Gasteiger partial charge in [0.25, 0.3) is 5.91 Å². The van der Waals surface area contributed by atoms with E-state index in [1.807, 2.05) is 18.2 Å². The number of hydrogen-bond donors (Lipinski definition) is 1. The monoisotopic (exact) mass is 320 g/mol. The van der Waals surface area contributed by atoms with Gasteiger partial charge >= 0.3 is 0 Å². The zero-order valence-corrected chi connectivity index (χ0v) is 13.8. The Balaban J connectivity index is 2.31. The molecule has 1 heterocycles. The molecule has 1 amide bonds. The molecule has 0 spiro atoms. The highest BCUT2D eigenvalue weighted by Gasteiger charge is 2.30. The van der Waals surface area contributed by atoms with Crippen molar-refractivity contribution in [3.63, 3.8) is 0 Å². The van der Waals surface area contributed by atoms with Gasteiger partial charge in [-0.25, -0.2) is 0 Å². The molecule has 1 aromatic carbocycles. The number of thiocarbonyl (C=S) groups is 1. The van der Waals surface area contributed by atoms with E-state index in [0.29, 0.717) is 28.9 Å². The summed E-state index contributed by atoms with van der Waals surface area (Å²) in [6.07, 6.45) is 3.67. The maximum absolute atomic E-state index is 12.4. The highest BCUT2D eigenvalue weighted by Crippen LogP contribution is 2.32. The highest BCUT2D eigenvalue weighted by atomic mass is 32.1. The quantitative estimate of drug-likeness (QED) is 0.645. The largest absolute Gasteiger partial charge is 0.493 e. The molecule has 0 unspecified atom stereocenters. The van der Waals surface area contributed by atoms with E-state index in [9.17, 15) is 4.79 Å². The molecule has 0 bridgehead atoms. The number of rotatable bonds is 6. The molecule has 1 aromatic rings. The maximum Gasteiger partial charge on any atom is 0.276 e. The van der Waals surface area contributed by atoms with Gasteiger partial charge in [-0.05, 0) is 30.8 Å². The van der Waals surface area contributed by atoms with Gasteiger partial charge in [-0.2, -0.15) is 0 Å². The van der Waals surface area contributed by atoms with Crippen molar-refractivity contribution in [2.75, 3.05) is 20.8 Å². The van der Waals surface area contributed by atoms with Crippen LogP contribution in [0.4, 0.5) is 0 Å². The molecule has 0 atom stereocenters. The molecule has 0 aliphatic carbocycles. The third-order valence-electron chi connectivity index (χ3n) is 3.43. The Kier molecular flexibility index (Phi) is 5.38. The fourth-order valence-electron chi connectivity index (χ4n) is 2.27. The summed E-state index contributed by atoms with van der Waals surface area (Å²) < 4.78 is 10.6. The van der Waals surface area contributed by atoms with Crippen LogP contribution in [-0.4, -0.2) is 36.7 Å². The van der Waals surface area contributed by atoms with Crippen LogP contribution in [0.1, 0.15) is 25.3 Å². The van der Waals surface area contributed by atoms with Crippen molar-refractivity contribution in [2.24, 2.45) is 0 Å². The van der Waals surface area contributed by atoms with E-state index in [2.05, 4.69) is 12.2 Å². The Hall–Kier alpha value is -2.08. The van der Waals surface area contributed by atoms with Gasteiger partial charge in [0.15, 0.2) is 16.6 Å². The number of nitrogens with zero attached hydrogens (tertiary/aromatic N) is 1. The lowest BCUT2D eigenvalue weighted by Crippen LogP contribution is -2.31. The average molecular weight is 320 g/mol. The van der Waals surface area contributed by atoms with Gasteiger partial charge in [0, 0.05) is 12.1 Å². The number of unbranched alkanes of at least 4 members (excludes halogenated alkanes) is 1. The Bertz CT molecular complexity index is 613. The number of amides is 1. The molecule has 2 rings (SSSR count). The third-order valence-corrected chi connectivity index (χ3v) is 3.75. The first-order valence-corrected chi connectivity index (χ1v) is 7.58. The molecule has 6 heteroatoms. The first-order valence-electron chi connectivity index (χ1n) is 7.17. The Morgan fingerprint density at radius 3 is 2.73 bits per heavy atom. The van der Waals surface area contributed by atoms with Crippen LogP contribution in [0, 0.1) is 0 Å². The second-order valence-electron chi connectivity index (χ2n) is 4.88. The van der Waals surface area contributed by atoms with E-state index in [-0.39, 0.29) is 5.91 Å². The average Bonchev–Trinajstić information content (AvgIpc) is 2.79. The zero-order valence-electron chi connectivity index (χ0n) is 13.0. The van der Waals surface area contributed by atoms with Gasteiger partial charge in [-0.1, -0.05) is 25.5 Å². The van der Waals surface area contributed by atoms with E-state index < -0.39 is 0 Å². The Labute approximate surface area is 135 Å². The molecule has 0 saturated carbocycles. The SMILES string of the molecule is CCCCN1C(=O)C(=Cc2cccc(OC)c2OC)NC1=S. The van der Waals surface area contributed by atoms with Gasteiger partial charge in [-0.3, -0.25) is 9.69 Å². The first kappa shape index (κ1) is 16.3. The predicted octanol–water partition coefficient (Wildman–Crippen LogP) is 2.56. The summed E-state index contributed by atoms with van der Waals surface area (Å²) in [7, 11) is 3.15. The minimum atomic E-state index is -0.108. The van der Waals surface area contributed by atoms with Gasteiger partial charge in [-0.15, -0.1) is 0 Å². The third kappa shape index (κ3) is 3.22. The van der Waals surface area contributed by atoms with Crippen LogP contribution in [0.15, 0.2) is 23.9 Å². The van der Waals surface area contributed by atoms with Crippen molar-refractivity contribution in [3.8, 4) is 11.5 Å². The van der Waals surface area contributed by atoms with Crippen LogP contribution >= 0.6 is 12.2 Å². The second-order valence-corrected chi connectivity index (χ2v) is 5.27. The summed E-state index contributed by atoms with van der Waals surface area (Å²) >= 11 is 5.23. The number of nitrogens with one attached hydrogen (secondary N) is 1. The van der Waals surface area contributed by atoms with Crippen molar-refractivity contribution in [1.29, 1.82) is 0 Å². The van der Waals surface area contributed by atoms with E-state index >= 15 is 0 Å². The normalized spacial score (nSPS) is 16.1. The minimum Gasteiger partial charge on any atom is -0.493 e. The molecule has 1 aliphatic heterocycles. The Morgan fingerprint density at radius 2 is 2.09 bits per heavy atom. The van der Waals surface area contributed by atoms with Crippen molar-refractivity contribution in [2.45, 2.75) is 19.8 Å². The first-order chi connectivity index (χ1) is 10.6. The smallest absolute Gasteiger partial charge is 0.276 e. The lowest BCUT2D eigenvalue weighted by molar-refractivity contribution is -0.122. The molecular formula is C16H20N2O3S. The van der Waals surface area contributed by atoms with E-state index in [4.69, 9.17) is 21.7 Å². The van der Waals surface area contributed by atoms with Crippen molar-refractivity contribution in [3.05, 3.63) is 29.5 Å². The zero-order chi connectivity index (χ0) is 16.1. The molecule has 5 nitrogen and oxygen atoms in total. The Morgan fingerprint density at radius 1 is 1.32 bits per heavy atom. The highest BCUT2D eigenvalue weighted by molar-refractivity contribution is 7.80. The van der Waals surface area contributed by atoms with Gasteiger partial charge in [0.2, 0.25) is 0 Å². The summed E-state index contributed by atoms with van der Waals surface area (Å²) in [5.74, 6) is 1.10. The molecule has 1 saturated heterocycles. The van der Waals surface area contributed by atoms with Crippen LogP contribution in [0.3, 0.4) is 0 Å². The topological polar surface area (TPSA) is 50.8 Å². The fourth-order valence-corrected chi connectivity index (χ4v) is 2.56. The molecule has 0 aromatic heterocycles. The predicted molar refractivity (Wildman–Crippen MR) is 89.9 cm³/mol. The summed E-state index contributed by atoms with van der Waals surface area (Å²) in [5.41, 5.74) is 1.21. The molecule has 1 aliphatic rings. The second kappa shape index (κ2) is 7.26. The molecule has 22 heavy (non-hydrogen) atoms. The lowest BCUT2D eigenvalue weighted by atomic mass is 10.1. The number of hydrogen-bond acceptors (Lipinski definition) is 4. The van der Waals surface area contributed by atoms with E-state index in [0.717, 1.165) is 18.4 Å². The van der Waals surface area contributed by atoms with E-state index in [1.54, 1.807) is 25.2 Å². The summed E-state index contributed by atoms with van der Waals surface area (Å²) in [4.78, 5) is 14.0. The molecular weight excluding hydrogens is 300 g/mol. The van der Waals surface area contributed by atoms with E-state index in [1.165, 1.54) is 0 Å². The van der Waals surface area contributed by atoms with Gasteiger partial charge < -0.3 is 14.8 Å². The molecule has 1 fully saturated rings. The molecule has 1 N–H and O–H groups in total. The van der Waals surface area contributed by atoms with Gasteiger partial charge in [0.1, 0.15) is 5.70 Å². The summed E-state index contributed by atoms with van der Waals surface area (Å²) in [6.45, 7) is 2.71. The number of carbonyl (C=O) groups is 1. The van der Waals surface area contributed by atoms with Crippen LogP contribution in [0.2, 0.25) is 0 Å². The molecule has 118 valence electrons. The number of methoxy groups -OCH3 is 2. The van der Waals surface area contributed by atoms with Crippen LogP contribution in [-0.2, 0) is 4.79 Å².